The van der Waals surface area contributed by atoms with Crippen LogP contribution in [0.2, 0.25) is 0 Å². The van der Waals surface area contributed by atoms with Crippen LogP contribution in [0, 0.1) is 0 Å². The van der Waals surface area contributed by atoms with E-state index in [2.05, 4.69) is 38.5 Å². The summed E-state index contributed by atoms with van der Waals surface area (Å²) in [5.41, 5.74) is 0. The maximum absolute atomic E-state index is 11.7. The first kappa shape index (κ1) is 14.8. The van der Waals surface area contributed by atoms with Crippen molar-refractivity contribution in [1.82, 2.24) is 9.21 Å². The summed E-state index contributed by atoms with van der Waals surface area (Å²) in [5, 5.41) is 0. The molecular weight excluding hydrogens is 208 g/mol. The Labute approximate surface area is 99.4 Å². The van der Waals surface area contributed by atoms with Crippen LogP contribution in [0.25, 0.3) is 0 Å². The molecule has 0 aromatic carbocycles. The van der Waals surface area contributed by atoms with E-state index in [9.17, 15) is 4.79 Å². The summed E-state index contributed by atoms with van der Waals surface area (Å²) in [6, 6.07) is 0. The van der Waals surface area contributed by atoms with E-state index >= 15 is 0 Å². The van der Waals surface area contributed by atoms with E-state index in [-0.39, 0.29) is 12.1 Å². The molecule has 1 amide bonds. The predicted molar refractivity (Wildman–Crippen MR) is 67.7 cm³/mol. The standard InChI is InChI=1S/C11H24N2OS/c1-5-9-11(14)13(15)10(6-2)12(7-3)8-4/h10,15H,5-9H2,1-4H3. The van der Waals surface area contributed by atoms with Gasteiger partial charge in [-0.2, -0.15) is 0 Å². The van der Waals surface area contributed by atoms with Gasteiger partial charge in [-0.05, 0) is 25.9 Å². The molecular formula is C11H24N2OS. The van der Waals surface area contributed by atoms with E-state index in [1.807, 2.05) is 6.92 Å². The summed E-state index contributed by atoms with van der Waals surface area (Å²) in [6.45, 7) is 10.2. The van der Waals surface area contributed by atoms with E-state index in [0.29, 0.717) is 6.42 Å². The molecule has 0 aliphatic carbocycles. The van der Waals surface area contributed by atoms with E-state index in [1.54, 1.807) is 4.31 Å². The summed E-state index contributed by atoms with van der Waals surface area (Å²) in [5.74, 6) is 0.125. The number of hydrogen-bond acceptors (Lipinski definition) is 3. The van der Waals surface area contributed by atoms with Gasteiger partial charge in [-0.25, -0.2) is 0 Å². The molecule has 1 atom stereocenters. The summed E-state index contributed by atoms with van der Waals surface area (Å²) < 4.78 is 1.59. The molecule has 0 saturated carbocycles. The Morgan fingerprint density at radius 3 is 2.07 bits per heavy atom. The molecule has 0 rings (SSSR count). The molecule has 0 aliphatic heterocycles. The number of carbonyl (C=O) groups excluding carboxylic acids is 1. The lowest BCUT2D eigenvalue weighted by Crippen LogP contribution is -2.46. The van der Waals surface area contributed by atoms with E-state index in [1.165, 1.54) is 0 Å². The highest BCUT2D eigenvalue weighted by atomic mass is 32.1. The number of hydrogen-bond donors (Lipinski definition) is 1. The van der Waals surface area contributed by atoms with Crippen LogP contribution in [-0.2, 0) is 4.79 Å². The Hall–Kier alpha value is -0.220. The van der Waals surface area contributed by atoms with Gasteiger partial charge in [0.2, 0.25) is 5.91 Å². The van der Waals surface area contributed by atoms with Crippen molar-refractivity contribution in [3.63, 3.8) is 0 Å². The Morgan fingerprint density at radius 2 is 1.73 bits per heavy atom. The Morgan fingerprint density at radius 1 is 1.20 bits per heavy atom. The molecule has 0 bridgehead atoms. The Kier molecular flexibility index (Phi) is 7.88. The van der Waals surface area contributed by atoms with Crippen LogP contribution in [0.15, 0.2) is 0 Å². The number of rotatable bonds is 7. The van der Waals surface area contributed by atoms with Crippen LogP contribution in [0.4, 0.5) is 0 Å². The minimum absolute atomic E-state index is 0.125. The molecule has 1 unspecified atom stereocenters. The van der Waals surface area contributed by atoms with Crippen molar-refractivity contribution in [1.29, 1.82) is 0 Å². The first-order valence-electron chi connectivity index (χ1n) is 5.87. The molecule has 90 valence electrons. The molecule has 3 nitrogen and oxygen atoms in total. The molecule has 0 aromatic heterocycles. The minimum atomic E-state index is 0.125. The van der Waals surface area contributed by atoms with Gasteiger partial charge in [0.05, 0.1) is 6.17 Å². The summed E-state index contributed by atoms with van der Waals surface area (Å²) in [4.78, 5) is 14.0. The third kappa shape index (κ3) is 4.43. The van der Waals surface area contributed by atoms with Gasteiger partial charge in [-0.15, -0.1) is 0 Å². The van der Waals surface area contributed by atoms with E-state index < -0.39 is 0 Å². The highest BCUT2D eigenvalue weighted by Gasteiger charge is 2.22. The van der Waals surface area contributed by atoms with Crippen molar-refractivity contribution in [3.05, 3.63) is 0 Å². The van der Waals surface area contributed by atoms with Crippen LogP contribution < -0.4 is 0 Å². The van der Waals surface area contributed by atoms with Crippen molar-refractivity contribution >= 4 is 18.7 Å². The summed E-state index contributed by atoms with van der Waals surface area (Å²) in [7, 11) is 0. The molecule has 0 aromatic rings. The van der Waals surface area contributed by atoms with Crippen LogP contribution in [-0.4, -0.2) is 34.4 Å². The van der Waals surface area contributed by atoms with Crippen molar-refractivity contribution in [2.24, 2.45) is 0 Å². The average molecular weight is 232 g/mol. The molecule has 0 aliphatic rings. The Bertz CT molecular complexity index is 183. The van der Waals surface area contributed by atoms with Gasteiger partial charge in [-0.1, -0.05) is 40.5 Å². The normalized spacial score (nSPS) is 12.9. The average Bonchev–Trinajstić information content (AvgIpc) is 2.25. The topological polar surface area (TPSA) is 23.6 Å². The zero-order chi connectivity index (χ0) is 11.8. The lowest BCUT2D eigenvalue weighted by molar-refractivity contribution is -0.130. The second-order valence-corrected chi connectivity index (χ2v) is 4.03. The van der Waals surface area contributed by atoms with Gasteiger partial charge in [0.1, 0.15) is 0 Å². The number of nitrogens with zero attached hydrogens (tertiary/aromatic N) is 2. The monoisotopic (exact) mass is 232 g/mol. The fraction of sp³-hybridized carbons (Fsp3) is 0.909. The second-order valence-electron chi connectivity index (χ2n) is 3.60. The van der Waals surface area contributed by atoms with Crippen LogP contribution in [0.1, 0.15) is 47.0 Å². The first-order chi connectivity index (χ1) is 7.12. The van der Waals surface area contributed by atoms with Gasteiger partial charge in [0.25, 0.3) is 0 Å². The molecule has 0 saturated heterocycles. The van der Waals surface area contributed by atoms with Crippen molar-refractivity contribution in [2.45, 2.75) is 53.1 Å². The minimum Gasteiger partial charge on any atom is -0.283 e. The molecule has 4 heteroatoms. The lowest BCUT2D eigenvalue weighted by atomic mass is 10.2. The van der Waals surface area contributed by atoms with E-state index in [4.69, 9.17) is 0 Å². The zero-order valence-corrected chi connectivity index (χ0v) is 11.3. The highest BCUT2D eigenvalue weighted by molar-refractivity contribution is 7.78. The SMILES string of the molecule is CCCC(=O)N(S)C(CC)N(CC)CC. The van der Waals surface area contributed by atoms with Crippen LogP contribution in [0.5, 0.6) is 0 Å². The maximum Gasteiger partial charge on any atom is 0.233 e. The van der Waals surface area contributed by atoms with E-state index in [0.717, 1.165) is 25.9 Å². The molecule has 0 radical (unpaired) electrons. The molecule has 0 spiro atoms. The van der Waals surface area contributed by atoms with Gasteiger partial charge in [0, 0.05) is 6.42 Å². The summed E-state index contributed by atoms with van der Waals surface area (Å²) in [6.07, 6.45) is 2.51. The predicted octanol–water partition coefficient (Wildman–Crippen LogP) is 2.54. The lowest BCUT2D eigenvalue weighted by Gasteiger charge is -2.35. The third-order valence-electron chi connectivity index (χ3n) is 2.60. The number of amides is 1. The molecule has 15 heavy (non-hydrogen) atoms. The maximum atomic E-state index is 11.7. The molecule has 0 fully saturated rings. The van der Waals surface area contributed by atoms with Crippen LogP contribution >= 0.6 is 12.8 Å². The fourth-order valence-corrected chi connectivity index (χ4v) is 2.13. The third-order valence-corrected chi connectivity index (χ3v) is 3.09. The number of carbonyl (C=O) groups is 1. The molecule has 0 heterocycles. The quantitative estimate of drug-likeness (QED) is 0.538. The van der Waals surface area contributed by atoms with Gasteiger partial charge in [-0.3, -0.25) is 14.0 Å². The Balaban J connectivity index is 4.43. The first-order valence-corrected chi connectivity index (χ1v) is 6.27. The van der Waals surface area contributed by atoms with Crippen molar-refractivity contribution in [2.75, 3.05) is 13.1 Å². The van der Waals surface area contributed by atoms with Crippen molar-refractivity contribution in [3.8, 4) is 0 Å². The largest absolute Gasteiger partial charge is 0.283 e. The highest BCUT2D eigenvalue weighted by Crippen LogP contribution is 2.14. The smallest absolute Gasteiger partial charge is 0.233 e. The van der Waals surface area contributed by atoms with Crippen LogP contribution in [0.3, 0.4) is 0 Å². The van der Waals surface area contributed by atoms with Crippen molar-refractivity contribution < 1.29 is 4.79 Å². The zero-order valence-electron chi connectivity index (χ0n) is 10.4. The van der Waals surface area contributed by atoms with Gasteiger partial charge in [0.15, 0.2) is 0 Å². The fourth-order valence-electron chi connectivity index (χ4n) is 1.73. The summed E-state index contributed by atoms with van der Waals surface area (Å²) >= 11 is 4.32. The number of thiol groups is 1. The second kappa shape index (κ2) is 7.99. The van der Waals surface area contributed by atoms with Gasteiger partial charge >= 0.3 is 0 Å². The van der Waals surface area contributed by atoms with Gasteiger partial charge < -0.3 is 0 Å². The molecule has 0 N–H and O–H groups in total.